The summed E-state index contributed by atoms with van der Waals surface area (Å²) in [5, 5.41) is 15.2. The van der Waals surface area contributed by atoms with Crippen molar-refractivity contribution in [1.82, 2.24) is 0 Å². The van der Waals surface area contributed by atoms with Gasteiger partial charge in [0.1, 0.15) is 29.7 Å². The van der Waals surface area contributed by atoms with Gasteiger partial charge in [0.2, 0.25) is 0 Å². The number of fused-ring (bicyclic) bond motifs is 3. The van der Waals surface area contributed by atoms with Crippen molar-refractivity contribution in [2.75, 3.05) is 18.5 Å². The molecule has 2 aliphatic rings. The summed E-state index contributed by atoms with van der Waals surface area (Å²) in [6.45, 7) is 0.820. The number of nitro groups is 1. The van der Waals surface area contributed by atoms with Gasteiger partial charge in [-0.15, -0.1) is 0 Å². The first-order chi connectivity index (χ1) is 16.1. The number of hydrogen-bond acceptors (Lipinski definition) is 5. The van der Waals surface area contributed by atoms with Crippen molar-refractivity contribution in [3.05, 3.63) is 105 Å². The fourth-order valence-electron chi connectivity index (χ4n) is 4.73. The average molecular weight is 463 g/mol. The molecule has 3 unspecified atom stereocenters. The van der Waals surface area contributed by atoms with E-state index in [-0.39, 0.29) is 28.6 Å². The Labute approximate surface area is 196 Å². The highest BCUT2D eigenvalue weighted by atomic mass is 35.5. The van der Waals surface area contributed by atoms with E-state index in [1.807, 2.05) is 48.5 Å². The molecule has 7 heteroatoms. The molecule has 0 amide bonds. The Morgan fingerprint density at radius 2 is 1.85 bits per heavy atom. The molecule has 5 rings (SSSR count). The highest BCUT2D eigenvalue weighted by Crippen LogP contribution is 2.52. The van der Waals surface area contributed by atoms with Crippen LogP contribution in [0.15, 0.2) is 78.9 Å². The van der Waals surface area contributed by atoms with Crippen molar-refractivity contribution in [3.8, 4) is 11.5 Å². The van der Waals surface area contributed by atoms with Crippen molar-refractivity contribution >= 4 is 23.0 Å². The van der Waals surface area contributed by atoms with Crippen LogP contribution in [0, 0.1) is 16.0 Å². The van der Waals surface area contributed by atoms with Gasteiger partial charge in [0.25, 0.3) is 5.69 Å². The number of anilines is 1. The van der Waals surface area contributed by atoms with Gasteiger partial charge in [-0.25, -0.2) is 0 Å². The molecule has 1 heterocycles. The van der Waals surface area contributed by atoms with Crippen molar-refractivity contribution in [2.24, 2.45) is 5.92 Å². The molecule has 0 saturated carbocycles. The van der Waals surface area contributed by atoms with E-state index in [9.17, 15) is 10.1 Å². The number of benzene rings is 3. The van der Waals surface area contributed by atoms with Crippen LogP contribution in [0.25, 0.3) is 0 Å². The molecular formula is C26H23ClN2O4. The van der Waals surface area contributed by atoms with Crippen LogP contribution in [-0.4, -0.2) is 18.1 Å². The molecule has 3 atom stereocenters. The minimum Gasteiger partial charge on any atom is -0.490 e. The largest absolute Gasteiger partial charge is 0.490 e. The van der Waals surface area contributed by atoms with Gasteiger partial charge in [-0.05, 0) is 47.7 Å². The molecule has 1 N–H and O–H groups in total. The van der Waals surface area contributed by atoms with Crippen molar-refractivity contribution in [3.63, 3.8) is 0 Å². The Kier molecular flexibility index (Phi) is 5.92. The number of nitrogens with zero attached hydrogens (tertiary/aromatic N) is 1. The molecule has 0 fully saturated rings. The Morgan fingerprint density at radius 1 is 1.03 bits per heavy atom. The lowest BCUT2D eigenvalue weighted by molar-refractivity contribution is -0.384. The maximum atomic E-state index is 11.4. The number of allylic oxidation sites excluding steroid dienone is 2. The second kappa shape index (κ2) is 9.16. The Morgan fingerprint density at radius 3 is 2.67 bits per heavy atom. The topological polar surface area (TPSA) is 73.6 Å². The quantitative estimate of drug-likeness (QED) is 0.187. The molecule has 1 aliphatic carbocycles. The molecule has 0 aromatic heterocycles. The summed E-state index contributed by atoms with van der Waals surface area (Å²) in [5.74, 6) is 2.02. The summed E-state index contributed by atoms with van der Waals surface area (Å²) in [6.07, 6.45) is 5.31. The third kappa shape index (κ3) is 4.26. The number of hydrogen-bond donors (Lipinski definition) is 1. The molecule has 3 aromatic rings. The predicted molar refractivity (Wildman–Crippen MR) is 128 cm³/mol. The standard InChI is InChI=1S/C26H23ClN2O4/c27-22-13-12-17(16-23(22)29(30)31)25-20-9-4-8-19(20)21-10-5-11-24(26(21)28-25)33-15-14-32-18-6-2-1-3-7-18/h1-8,10-13,16,19-20,25,28H,9,14-15H2. The Balaban J connectivity index is 1.39. The fraction of sp³-hybridized carbons (Fsp3) is 0.231. The van der Waals surface area contributed by atoms with Gasteiger partial charge in [-0.3, -0.25) is 10.1 Å². The number of nitrogens with one attached hydrogen (secondary N) is 1. The van der Waals surface area contributed by atoms with E-state index in [4.69, 9.17) is 21.1 Å². The van der Waals surface area contributed by atoms with Crippen LogP contribution in [0.2, 0.25) is 5.02 Å². The highest BCUT2D eigenvalue weighted by Gasteiger charge is 2.39. The number of para-hydroxylation sites is 2. The van der Waals surface area contributed by atoms with Gasteiger partial charge >= 0.3 is 0 Å². The van der Waals surface area contributed by atoms with Crippen LogP contribution < -0.4 is 14.8 Å². The maximum absolute atomic E-state index is 11.4. The summed E-state index contributed by atoms with van der Waals surface area (Å²) >= 11 is 6.06. The zero-order chi connectivity index (χ0) is 22.8. The first-order valence-electron chi connectivity index (χ1n) is 10.9. The highest BCUT2D eigenvalue weighted by molar-refractivity contribution is 6.32. The van der Waals surface area contributed by atoms with Crippen molar-refractivity contribution < 1.29 is 14.4 Å². The molecular weight excluding hydrogens is 440 g/mol. The average Bonchev–Trinajstić information content (AvgIpc) is 3.33. The molecule has 6 nitrogen and oxygen atoms in total. The van der Waals surface area contributed by atoms with Crippen LogP contribution in [-0.2, 0) is 0 Å². The van der Waals surface area contributed by atoms with Crippen LogP contribution in [0.3, 0.4) is 0 Å². The van der Waals surface area contributed by atoms with Gasteiger partial charge in [0.15, 0.2) is 0 Å². The first-order valence-corrected chi connectivity index (χ1v) is 11.3. The van der Waals surface area contributed by atoms with Gasteiger partial charge in [0.05, 0.1) is 16.7 Å². The van der Waals surface area contributed by atoms with Gasteiger partial charge in [-0.2, -0.15) is 0 Å². The monoisotopic (exact) mass is 462 g/mol. The summed E-state index contributed by atoms with van der Waals surface area (Å²) in [5.41, 5.74) is 2.87. The van der Waals surface area contributed by atoms with E-state index < -0.39 is 4.92 Å². The third-order valence-electron chi connectivity index (χ3n) is 6.24. The second-order valence-electron chi connectivity index (χ2n) is 8.17. The Hall–Kier alpha value is -3.51. The first kappa shape index (κ1) is 21.3. The lowest BCUT2D eigenvalue weighted by Crippen LogP contribution is -2.29. The van der Waals surface area contributed by atoms with E-state index in [0.717, 1.165) is 29.2 Å². The number of halogens is 1. The number of rotatable bonds is 7. The molecule has 3 aromatic carbocycles. The summed E-state index contributed by atoms with van der Waals surface area (Å²) in [6, 6.07) is 20.6. The molecule has 1 aliphatic heterocycles. The van der Waals surface area contributed by atoms with E-state index in [0.29, 0.717) is 13.2 Å². The van der Waals surface area contributed by atoms with E-state index in [1.54, 1.807) is 12.1 Å². The van der Waals surface area contributed by atoms with Crippen LogP contribution in [0.1, 0.15) is 29.5 Å². The summed E-state index contributed by atoms with van der Waals surface area (Å²) < 4.78 is 11.8. The summed E-state index contributed by atoms with van der Waals surface area (Å²) in [4.78, 5) is 11.0. The summed E-state index contributed by atoms with van der Waals surface area (Å²) in [7, 11) is 0. The lowest BCUT2D eigenvalue weighted by Gasteiger charge is -2.38. The smallest absolute Gasteiger partial charge is 0.288 e. The molecule has 168 valence electrons. The molecule has 33 heavy (non-hydrogen) atoms. The number of ether oxygens (including phenoxy) is 2. The molecule has 0 saturated heterocycles. The Bertz CT molecular complexity index is 1200. The van der Waals surface area contributed by atoms with Crippen LogP contribution in [0.4, 0.5) is 11.4 Å². The molecule has 0 bridgehead atoms. The van der Waals surface area contributed by atoms with Gasteiger partial charge < -0.3 is 14.8 Å². The van der Waals surface area contributed by atoms with Crippen molar-refractivity contribution in [2.45, 2.75) is 18.4 Å². The number of nitro benzene ring substituents is 1. The van der Waals surface area contributed by atoms with E-state index in [2.05, 4.69) is 23.5 Å². The van der Waals surface area contributed by atoms with Gasteiger partial charge in [-0.1, -0.05) is 60.2 Å². The maximum Gasteiger partial charge on any atom is 0.288 e. The molecule has 0 radical (unpaired) electrons. The van der Waals surface area contributed by atoms with Crippen molar-refractivity contribution in [1.29, 1.82) is 0 Å². The second-order valence-corrected chi connectivity index (χ2v) is 8.58. The third-order valence-corrected chi connectivity index (χ3v) is 6.56. The van der Waals surface area contributed by atoms with E-state index in [1.165, 1.54) is 5.56 Å². The van der Waals surface area contributed by atoms with Crippen LogP contribution >= 0.6 is 11.6 Å². The van der Waals surface area contributed by atoms with E-state index >= 15 is 0 Å². The lowest BCUT2D eigenvalue weighted by atomic mass is 9.77. The van der Waals surface area contributed by atoms with Crippen LogP contribution in [0.5, 0.6) is 11.5 Å². The fourth-order valence-corrected chi connectivity index (χ4v) is 4.92. The zero-order valence-corrected chi connectivity index (χ0v) is 18.6. The normalized spacial score (nSPS) is 20.5. The van der Waals surface area contributed by atoms with Gasteiger partial charge in [0, 0.05) is 12.0 Å². The minimum atomic E-state index is -0.436. The zero-order valence-electron chi connectivity index (χ0n) is 17.8. The predicted octanol–water partition coefficient (Wildman–Crippen LogP) is 6.53. The molecule has 0 spiro atoms. The SMILES string of the molecule is O=[N+]([O-])c1cc(C2Nc3c(OCCOc4ccccc4)cccc3C3C=CCC32)ccc1Cl. The minimum absolute atomic E-state index is 0.0770.